The van der Waals surface area contributed by atoms with Gasteiger partial charge in [0.1, 0.15) is 11.5 Å². The van der Waals surface area contributed by atoms with Gasteiger partial charge >= 0.3 is 0 Å². The molecule has 2 rings (SSSR count). The summed E-state index contributed by atoms with van der Waals surface area (Å²) in [4.78, 5) is 9.11. The van der Waals surface area contributed by atoms with E-state index < -0.39 is 0 Å². The van der Waals surface area contributed by atoms with Crippen LogP contribution in [0.5, 0.6) is 5.75 Å². The van der Waals surface area contributed by atoms with Crippen molar-refractivity contribution in [2.24, 2.45) is 10.9 Å². The second-order valence-electron chi connectivity index (χ2n) is 7.44. The second kappa shape index (κ2) is 10.7. The van der Waals surface area contributed by atoms with Crippen LogP contribution in [-0.2, 0) is 13.1 Å². The SMILES string of the molecule is CCNC(=NCc1ccc(C)cc1OCCC(C)C)NCc1nc(C)c(C)o1. The first kappa shape index (κ1) is 21.8. The molecule has 0 bridgehead atoms. The molecule has 0 fully saturated rings. The van der Waals surface area contributed by atoms with Crippen LogP contribution in [0.25, 0.3) is 0 Å². The largest absolute Gasteiger partial charge is 0.493 e. The van der Waals surface area contributed by atoms with Gasteiger partial charge in [0.05, 0.1) is 25.4 Å². The molecule has 2 aromatic rings. The molecule has 1 heterocycles. The van der Waals surface area contributed by atoms with E-state index in [0.717, 1.165) is 48.3 Å². The van der Waals surface area contributed by atoms with E-state index in [-0.39, 0.29) is 0 Å². The van der Waals surface area contributed by atoms with Crippen molar-refractivity contribution in [2.75, 3.05) is 13.2 Å². The number of rotatable bonds is 9. The van der Waals surface area contributed by atoms with Crippen molar-refractivity contribution in [3.8, 4) is 5.75 Å². The average Bonchev–Trinajstić information content (AvgIpc) is 2.96. The Morgan fingerprint density at radius 1 is 1.21 bits per heavy atom. The van der Waals surface area contributed by atoms with Gasteiger partial charge in [0, 0.05) is 12.1 Å². The summed E-state index contributed by atoms with van der Waals surface area (Å²) in [5.41, 5.74) is 3.18. The number of guanidine groups is 1. The molecule has 0 saturated carbocycles. The molecule has 0 radical (unpaired) electrons. The molecule has 1 aromatic heterocycles. The third-order valence-corrected chi connectivity index (χ3v) is 4.41. The molecule has 6 nitrogen and oxygen atoms in total. The molecule has 154 valence electrons. The summed E-state index contributed by atoms with van der Waals surface area (Å²) >= 11 is 0. The van der Waals surface area contributed by atoms with Gasteiger partial charge in [-0.15, -0.1) is 0 Å². The van der Waals surface area contributed by atoms with E-state index in [2.05, 4.69) is 54.6 Å². The number of aryl methyl sites for hydroxylation is 3. The van der Waals surface area contributed by atoms with Crippen molar-refractivity contribution in [3.63, 3.8) is 0 Å². The van der Waals surface area contributed by atoms with Gasteiger partial charge in [-0.25, -0.2) is 9.98 Å². The molecule has 0 aliphatic heterocycles. The number of benzene rings is 1. The Bertz CT molecular complexity index is 761. The van der Waals surface area contributed by atoms with Crippen LogP contribution in [-0.4, -0.2) is 24.1 Å². The van der Waals surface area contributed by atoms with Crippen LogP contribution in [0, 0.1) is 26.7 Å². The molecule has 0 spiro atoms. The van der Waals surface area contributed by atoms with E-state index in [1.807, 2.05) is 20.8 Å². The fourth-order valence-corrected chi connectivity index (χ4v) is 2.61. The first-order valence-corrected chi connectivity index (χ1v) is 10.1. The molecule has 0 aliphatic rings. The van der Waals surface area contributed by atoms with Crippen LogP contribution in [0.4, 0.5) is 0 Å². The summed E-state index contributed by atoms with van der Waals surface area (Å²) in [6.07, 6.45) is 1.04. The molecular formula is C22H34N4O2. The summed E-state index contributed by atoms with van der Waals surface area (Å²) in [5.74, 6) is 3.78. The quantitative estimate of drug-likeness (QED) is 0.497. The molecule has 0 aliphatic carbocycles. The van der Waals surface area contributed by atoms with Crippen molar-refractivity contribution in [1.29, 1.82) is 0 Å². The highest BCUT2D eigenvalue weighted by Gasteiger charge is 2.08. The van der Waals surface area contributed by atoms with Crippen LogP contribution >= 0.6 is 0 Å². The van der Waals surface area contributed by atoms with Crippen molar-refractivity contribution >= 4 is 5.96 Å². The lowest BCUT2D eigenvalue weighted by Gasteiger charge is -2.14. The van der Waals surface area contributed by atoms with Crippen molar-refractivity contribution in [3.05, 3.63) is 46.7 Å². The van der Waals surface area contributed by atoms with Gasteiger partial charge in [-0.1, -0.05) is 26.0 Å². The van der Waals surface area contributed by atoms with Crippen LogP contribution in [0.1, 0.15) is 55.7 Å². The minimum Gasteiger partial charge on any atom is -0.493 e. The van der Waals surface area contributed by atoms with Gasteiger partial charge in [-0.2, -0.15) is 0 Å². The number of aromatic nitrogens is 1. The number of oxazole rings is 1. The van der Waals surface area contributed by atoms with Crippen molar-refractivity contribution in [1.82, 2.24) is 15.6 Å². The van der Waals surface area contributed by atoms with E-state index in [1.54, 1.807) is 0 Å². The Labute approximate surface area is 168 Å². The summed E-state index contributed by atoms with van der Waals surface area (Å²) in [7, 11) is 0. The smallest absolute Gasteiger partial charge is 0.214 e. The van der Waals surface area contributed by atoms with E-state index in [4.69, 9.17) is 14.1 Å². The van der Waals surface area contributed by atoms with Gasteiger partial charge in [-0.05, 0) is 51.7 Å². The Morgan fingerprint density at radius 3 is 2.64 bits per heavy atom. The molecule has 6 heteroatoms. The number of nitrogens with zero attached hydrogens (tertiary/aromatic N) is 2. The number of ether oxygens (including phenoxy) is 1. The fraction of sp³-hybridized carbons (Fsp3) is 0.545. The molecule has 0 unspecified atom stereocenters. The van der Waals surface area contributed by atoms with Crippen molar-refractivity contribution < 1.29 is 9.15 Å². The number of nitrogens with one attached hydrogen (secondary N) is 2. The van der Waals surface area contributed by atoms with Gasteiger partial charge in [0.2, 0.25) is 5.89 Å². The van der Waals surface area contributed by atoms with E-state index >= 15 is 0 Å². The minimum absolute atomic E-state index is 0.492. The predicted molar refractivity (Wildman–Crippen MR) is 114 cm³/mol. The van der Waals surface area contributed by atoms with E-state index in [0.29, 0.717) is 24.9 Å². The zero-order valence-electron chi connectivity index (χ0n) is 18.1. The first-order chi connectivity index (χ1) is 13.4. The Morgan fingerprint density at radius 2 is 2.00 bits per heavy atom. The molecule has 0 amide bonds. The third kappa shape index (κ3) is 6.91. The van der Waals surface area contributed by atoms with E-state index in [9.17, 15) is 0 Å². The maximum absolute atomic E-state index is 6.03. The zero-order valence-corrected chi connectivity index (χ0v) is 18.1. The number of hydrogen-bond acceptors (Lipinski definition) is 4. The van der Waals surface area contributed by atoms with Gasteiger partial charge < -0.3 is 19.8 Å². The average molecular weight is 387 g/mol. The Balaban J connectivity index is 2.04. The van der Waals surface area contributed by atoms with Crippen LogP contribution in [0.2, 0.25) is 0 Å². The van der Waals surface area contributed by atoms with Crippen molar-refractivity contribution in [2.45, 2.75) is 61.1 Å². The minimum atomic E-state index is 0.492. The van der Waals surface area contributed by atoms with Gasteiger partial charge in [-0.3, -0.25) is 0 Å². The standard InChI is InChI=1S/C22H34N4O2/c1-7-23-22(25-14-21-26-17(5)18(6)28-21)24-13-19-9-8-16(4)12-20(19)27-11-10-15(2)3/h8-9,12,15H,7,10-11,13-14H2,1-6H3,(H2,23,24,25). The lowest BCUT2D eigenvalue weighted by atomic mass is 10.1. The second-order valence-corrected chi connectivity index (χ2v) is 7.44. The molecule has 0 atom stereocenters. The zero-order chi connectivity index (χ0) is 20.5. The molecule has 0 saturated heterocycles. The maximum Gasteiger partial charge on any atom is 0.214 e. The Kier molecular flexibility index (Phi) is 8.36. The highest BCUT2D eigenvalue weighted by Crippen LogP contribution is 2.22. The van der Waals surface area contributed by atoms with Crippen LogP contribution < -0.4 is 15.4 Å². The summed E-state index contributed by atoms with van der Waals surface area (Å²) in [6, 6.07) is 6.27. The maximum atomic E-state index is 6.03. The summed E-state index contributed by atoms with van der Waals surface area (Å²) in [5, 5.41) is 6.54. The molecular weight excluding hydrogens is 352 g/mol. The number of aliphatic imine (C=N–C) groups is 1. The van der Waals surface area contributed by atoms with Gasteiger partial charge in [0.25, 0.3) is 0 Å². The lowest BCUT2D eigenvalue weighted by molar-refractivity contribution is 0.287. The monoisotopic (exact) mass is 386 g/mol. The normalized spacial score (nSPS) is 11.8. The first-order valence-electron chi connectivity index (χ1n) is 10.1. The molecule has 1 aromatic carbocycles. The number of hydrogen-bond donors (Lipinski definition) is 2. The predicted octanol–water partition coefficient (Wildman–Crippen LogP) is 4.28. The lowest BCUT2D eigenvalue weighted by Crippen LogP contribution is -2.36. The topological polar surface area (TPSA) is 71.7 Å². The highest BCUT2D eigenvalue weighted by molar-refractivity contribution is 5.79. The molecule has 28 heavy (non-hydrogen) atoms. The van der Waals surface area contributed by atoms with Crippen LogP contribution in [0.15, 0.2) is 27.6 Å². The summed E-state index contributed by atoms with van der Waals surface area (Å²) < 4.78 is 11.7. The summed E-state index contributed by atoms with van der Waals surface area (Å²) in [6.45, 7) is 14.9. The highest BCUT2D eigenvalue weighted by atomic mass is 16.5. The Hall–Kier alpha value is -2.50. The van der Waals surface area contributed by atoms with Crippen LogP contribution in [0.3, 0.4) is 0 Å². The fourth-order valence-electron chi connectivity index (χ4n) is 2.61. The van der Waals surface area contributed by atoms with E-state index in [1.165, 1.54) is 5.56 Å². The third-order valence-electron chi connectivity index (χ3n) is 4.41. The molecule has 2 N–H and O–H groups in total. The van der Waals surface area contributed by atoms with Gasteiger partial charge in [0.15, 0.2) is 5.96 Å².